The summed E-state index contributed by atoms with van der Waals surface area (Å²) in [4.78, 5) is 23.1. The molecule has 100 valence electrons. The summed E-state index contributed by atoms with van der Waals surface area (Å²) >= 11 is 0. The number of carbonyl (C=O) groups is 2. The molecule has 0 saturated heterocycles. The van der Waals surface area contributed by atoms with Crippen LogP contribution < -0.4 is 5.32 Å². The van der Waals surface area contributed by atoms with Crippen LogP contribution in [0.5, 0.6) is 0 Å². The molecule has 0 fully saturated rings. The predicted octanol–water partition coefficient (Wildman–Crippen LogP) is -0.234. The number of carboxylic acids is 1. The first-order chi connectivity index (χ1) is 8.11. The molecule has 0 aromatic carbocycles. The zero-order valence-electron chi connectivity index (χ0n) is 10.3. The number of likely N-dealkylation sites (N-methyl/N-ethyl adjacent to an activating group) is 1. The molecule has 0 heterocycles. The number of aliphatic carboxylic acids is 1. The fraction of sp³-hybridized carbons (Fsp3) is 0.800. The predicted molar refractivity (Wildman–Crippen MR) is 61.0 cm³/mol. The number of amides is 2. The standard InChI is InChI=1S/C10H20N2O5/c1-3-12(8-9(13)14)10(15)11-4-5-17-7-6-16-2/h3-8H2,1-2H3,(H,11,15)(H,13,14). The van der Waals surface area contributed by atoms with Gasteiger partial charge in [-0.2, -0.15) is 0 Å². The molecule has 0 aromatic rings. The van der Waals surface area contributed by atoms with Crippen LogP contribution in [0.4, 0.5) is 4.79 Å². The molecule has 0 aliphatic carbocycles. The van der Waals surface area contributed by atoms with Crippen LogP contribution in [0.25, 0.3) is 0 Å². The third-order valence-electron chi connectivity index (χ3n) is 1.95. The molecule has 0 bridgehead atoms. The lowest BCUT2D eigenvalue weighted by molar-refractivity contribution is -0.137. The number of hydrogen-bond donors (Lipinski definition) is 2. The molecule has 7 heteroatoms. The summed E-state index contributed by atoms with van der Waals surface area (Å²) in [6.45, 7) is 3.47. The Morgan fingerprint density at radius 1 is 1.29 bits per heavy atom. The van der Waals surface area contributed by atoms with Crippen molar-refractivity contribution in [3.8, 4) is 0 Å². The molecule has 0 spiro atoms. The molecular weight excluding hydrogens is 228 g/mol. The van der Waals surface area contributed by atoms with Crippen molar-refractivity contribution in [3.63, 3.8) is 0 Å². The van der Waals surface area contributed by atoms with Gasteiger partial charge in [-0.1, -0.05) is 0 Å². The van der Waals surface area contributed by atoms with E-state index in [9.17, 15) is 9.59 Å². The van der Waals surface area contributed by atoms with Gasteiger partial charge in [0.15, 0.2) is 0 Å². The summed E-state index contributed by atoms with van der Waals surface area (Å²) < 4.78 is 9.93. The van der Waals surface area contributed by atoms with E-state index in [2.05, 4.69) is 5.32 Å². The van der Waals surface area contributed by atoms with Gasteiger partial charge in [-0.15, -0.1) is 0 Å². The van der Waals surface area contributed by atoms with Crippen LogP contribution in [0.15, 0.2) is 0 Å². The Kier molecular flexibility index (Phi) is 9.08. The first-order valence-corrected chi connectivity index (χ1v) is 5.43. The summed E-state index contributed by atoms with van der Waals surface area (Å²) in [6.07, 6.45) is 0. The summed E-state index contributed by atoms with van der Waals surface area (Å²) in [5, 5.41) is 11.1. The van der Waals surface area contributed by atoms with Crippen molar-refractivity contribution in [2.75, 3.05) is 46.6 Å². The zero-order chi connectivity index (χ0) is 13.1. The van der Waals surface area contributed by atoms with Crippen molar-refractivity contribution in [1.82, 2.24) is 10.2 Å². The first-order valence-electron chi connectivity index (χ1n) is 5.43. The molecule has 0 aliphatic heterocycles. The van der Waals surface area contributed by atoms with Crippen LogP contribution in [-0.4, -0.2) is 68.6 Å². The van der Waals surface area contributed by atoms with Crippen molar-refractivity contribution in [2.24, 2.45) is 0 Å². The Morgan fingerprint density at radius 2 is 2.00 bits per heavy atom. The average molecular weight is 248 g/mol. The molecule has 7 nitrogen and oxygen atoms in total. The van der Waals surface area contributed by atoms with E-state index in [1.807, 2.05) is 0 Å². The quantitative estimate of drug-likeness (QED) is 0.550. The van der Waals surface area contributed by atoms with Crippen molar-refractivity contribution in [1.29, 1.82) is 0 Å². The molecule has 2 amide bonds. The van der Waals surface area contributed by atoms with E-state index in [4.69, 9.17) is 14.6 Å². The highest BCUT2D eigenvalue weighted by Gasteiger charge is 2.13. The van der Waals surface area contributed by atoms with Gasteiger partial charge in [-0.3, -0.25) is 4.79 Å². The number of nitrogens with zero attached hydrogens (tertiary/aromatic N) is 1. The van der Waals surface area contributed by atoms with Crippen molar-refractivity contribution in [3.05, 3.63) is 0 Å². The number of urea groups is 1. The van der Waals surface area contributed by atoms with Crippen LogP contribution >= 0.6 is 0 Å². The summed E-state index contributed by atoms with van der Waals surface area (Å²) in [6, 6.07) is -0.398. The van der Waals surface area contributed by atoms with Gasteiger partial charge in [-0.25, -0.2) is 4.79 Å². The Morgan fingerprint density at radius 3 is 2.53 bits per heavy atom. The number of carbonyl (C=O) groups excluding carboxylic acids is 1. The molecule has 0 saturated carbocycles. The minimum absolute atomic E-state index is 0.299. The van der Waals surface area contributed by atoms with Crippen LogP contribution in [-0.2, 0) is 14.3 Å². The summed E-state index contributed by atoms with van der Waals surface area (Å²) in [7, 11) is 1.58. The van der Waals surface area contributed by atoms with Crippen molar-refractivity contribution in [2.45, 2.75) is 6.92 Å². The lowest BCUT2D eigenvalue weighted by Crippen LogP contribution is -2.43. The van der Waals surface area contributed by atoms with Gasteiger partial charge in [0.2, 0.25) is 0 Å². The minimum Gasteiger partial charge on any atom is -0.480 e. The third kappa shape index (κ3) is 8.47. The van der Waals surface area contributed by atoms with Crippen LogP contribution in [0, 0.1) is 0 Å². The van der Waals surface area contributed by atoms with E-state index in [0.717, 1.165) is 0 Å². The molecule has 17 heavy (non-hydrogen) atoms. The number of nitrogens with one attached hydrogen (secondary N) is 1. The number of rotatable bonds is 9. The van der Waals surface area contributed by atoms with Gasteiger partial charge in [0.05, 0.1) is 19.8 Å². The van der Waals surface area contributed by atoms with E-state index in [-0.39, 0.29) is 6.54 Å². The van der Waals surface area contributed by atoms with E-state index in [1.165, 1.54) is 4.90 Å². The fourth-order valence-corrected chi connectivity index (χ4v) is 1.08. The van der Waals surface area contributed by atoms with Crippen LogP contribution in [0.2, 0.25) is 0 Å². The number of ether oxygens (including phenoxy) is 2. The fourth-order valence-electron chi connectivity index (χ4n) is 1.08. The largest absolute Gasteiger partial charge is 0.480 e. The van der Waals surface area contributed by atoms with Gasteiger partial charge >= 0.3 is 12.0 Å². The normalized spacial score (nSPS) is 10.0. The Bertz CT molecular complexity index is 235. The average Bonchev–Trinajstić information content (AvgIpc) is 2.30. The monoisotopic (exact) mass is 248 g/mol. The van der Waals surface area contributed by atoms with Gasteiger partial charge < -0.3 is 24.8 Å². The zero-order valence-corrected chi connectivity index (χ0v) is 10.3. The first kappa shape index (κ1) is 15.7. The van der Waals surface area contributed by atoms with E-state index >= 15 is 0 Å². The molecule has 0 aromatic heterocycles. The SMILES string of the molecule is CCN(CC(=O)O)C(=O)NCCOCCOC. The lowest BCUT2D eigenvalue weighted by Gasteiger charge is -2.19. The maximum Gasteiger partial charge on any atom is 0.323 e. The highest BCUT2D eigenvalue weighted by atomic mass is 16.5. The summed E-state index contributed by atoms with van der Waals surface area (Å²) in [5.74, 6) is -1.03. The topological polar surface area (TPSA) is 88.1 Å². The second-order valence-corrected chi connectivity index (χ2v) is 3.25. The smallest absolute Gasteiger partial charge is 0.323 e. The molecule has 2 N–H and O–H groups in total. The van der Waals surface area contributed by atoms with Gasteiger partial charge in [-0.05, 0) is 6.92 Å². The second-order valence-electron chi connectivity index (χ2n) is 3.25. The Labute approximate surface area is 101 Å². The number of carboxylic acid groups (broad SMARTS) is 1. The maximum atomic E-state index is 11.5. The molecule has 0 aliphatic rings. The minimum atomic E-state index is -1.03. The molecule has 0 radical (unpaired) electrons. The van der Waals surface area contributed by atoms with E-state index in [0.29, 0.717) is 32.9 Å². The Hall–Kier alpha value is -1.34. The number of methoxy groups -OCH3 is 1. The van der Waals surface area contributed by atoms with E-state index < -0.39 is 12.0 Å². The van der Waals surface area contributed by atoms with Gasteiger partial charge in [0.25, 0.3) is 0 Å². The van der Waals surface area contributed by atoms with Gasteiger partial charge in [0.1, 0.15) is 6.54 Å². The summed E-state index contributed by atoms with van der Waals surface area (Å²) in [5.41, 5.74) is 0. The third-order valence-corrected chi connectivity index (χ3v) is 1.95. The highest BCUT2D eigenvalue weighted by Crippen LogP contribution is 1.88. The van der Waals surface area contributed by atoms with Crippen LogP contribution in [0.3, 0.4) is 0 Å². The second kappa shape index (κ2) is 9.86. The molecule has 0 rings (SSSR count). The van der Waals surface area contributed by atoms with Gasteiger partial charge in [0, 0.05) is 20.2 Å². The Balaban J connectivity index is 3.64. The van der Waals surface area contributed by atoms with Crippen molar-refractivity contribution >= 4 is 12.0 Å². The lowest BCUT2D eigenvalue weighted by atomic mass is 10.5. The van der Waals surface area contributed by atoms with E-state index in [1.54, 1.807) is 14.0 Å². The number of hydrogen-bond acceptors (Lipinski definition) is 4. The highest BCUT2D eigenvalue weighted by molar-refractivity contribution is 5.79. The molecule has 0 unspecified atom stereocenters. The maximum absolute atomic E-state index is 11.5. The molecule has 0 atom stereocenters. The van der Waals surface area contributed by atoms with Crippen LogP contribution in [0.1, 0.15) is 6.92 Å². The molecular formula is C10H20N2O5. The van der Waals surface area contributed by atoms with Crippen molar-refractivity contribution < 1.29 is 24.2 Å².